The summed E-state index contributed by atoms with van der Waals surface area (Å²) in [5, 5.41) is 6.24. The molecule has 2 rings (SSSR count). The molecule has 0 aromatic rings. The van der Waals surface area contributed by atoms with Gasteiger partial charge in [0.1, 0.15) is 12.2 Å². The van der Waals surface area contributed by atoms with Crippen LogP contribution in [0.3, 0.4) is 0 Å². The summed E-state index contributed by atoms with van der Waals surface area (Å²) in [5.74, 6) is 1.30. The normalized spacial score (nSPS) is 25.7. The van der Waals surface area contributed by atoms with Gasteiger partial charge in [0.05, 0.1) is 0 Å². The van der Waals surface area contributed by atoms with Crippen LogP contribution in [0.4, 0.5) is 4.79 Å². The van der Waals surface area contributed by atoms with E-state index in [9.17, 15) is 4.79 Å². The molecule has 30 heavy (non-hydrogen) atoms. The van der Waals surface area contributed by atoms with E-state index in [1.807, 2.05) is 18.2 Å². The molecule has 5 heteroatoms. The van der Waals surface area contributed by atoms with Gasteiger partial charge in [0.15, 0.2) is 0 Å². The van der Waals surface area contributed by atoms with Crippen molar-refractivity contribution in [2.75, 3.05) is 13.7 Å². The average Bonchev–Trinajstić information content (AvgIpc) is 2.75. The van der Waals surface area contributed by atoms with Crippen LogP contribution < -0.4 is 10.6 Å². The first-order chi connectivity index (χ1) is 14.5. The lowest BCUT2D eigenvalue weighted by Gasteiger charge is -2.34. The van der Waals surface area contributed by atoms with Gasteiger partial charge in [0.2, 0.25) is 0 Å². The predicted octanol–water partition coefficient (Wildman–Crippen LogP) is 5.35. The Morgan fingerprint density at radius 2 is 2.00 bits per heavy atom. The van der Waals surface area contributed by atoms with E-state index in [0.717, 1.165) is 25.0 Å². The van der Waals surface area contributed by atoms with Crippen LogP contribution >= 0.6 is 0 Å². The Kier molecular flexibility index (Phi) is 10.7. The lowest BCUT2D eigenvalue weighted by molar-refractivity contribution is -0.0124. The summed E-state index contributed by atoms with van der Waals surface area (Å²) in [4.78, 5) is 12.8. The Bertz CT molecular complexity index is 612. The Hall–Kier alpha value is -1.59. The SMILES string of the molecule is CCCCCOC1C=C(NC(=O)NC(C(C)C)[C@@H](C)C2C=CCCC2)C=CC1OC. The van der Waals surface area contributed by atoms with Crippen molar-refractivity contribution in [3.05, 3.63) is 36.1 Å². The first kappa shape index (κ1) is 24.7. The highest BCUT2D eigenvalue weighted by Gasteiger charge is 2.29. The molecule has 0 saturated carbocycles. The van der Waals surface area contributed by atoms with Gasteiger partial charge >= 0.3 is 6.03 Å². The van der Waals surface area contributed by atoms with Gasteiger partial charge < -0.3 is 20.1 Å². The monoisotopic (exact) mass is 418 g/mol. The van der Waals surface area contributed by atoms with E-state index in [0.29, 0.717) is 24.4 Å². The second-order valence-electron chi connectivity index (χ2n) is 8.97. The van der Waals surface area contributed by atoms with Crippen LogP contribution in [0.5, 0.6) is 0 Å². The fourth-order valence-electron chi connectivity index (χ4n) is 4.41. The van der Waals surface area contributed by atoms with Crippen LogP contribution in [-0.2, 0) is 9.47 Å². The van der Waals surface area contributed by atoms with E-state index in [4.69, 9.17) is 9.47 Å². The molecule has 0 aromatic carbocycles. The second kappa shape index (κ2) is 13.0. The number of hydrogen-bond acceptors (Lipinski definition) is 3. The Morgan fingerprint density at radius 3 is 2.63 bits per heavy atom. The number of urea groups is 1. The predicted molar refractivity (Wildman–Crippen MR) is 123 cm³/mol. The van der Waals surface area contributed by atoms with E-state index in [1.165, 1.54) is 19.3 Å². The number of methoxy groups -OCH3 is 1. The van der Waals surface area contributed by atoms with Crippen LogP contribution in [0.1, 0.15) is 66.2 Å². The minimum Gasteiger partial charge on any atom is -0.374 e. The largest absolute Gasteiger partial charge is 0.374 e. The van der Waals surface area contributed by atoms with Crippen molar-refractivity contribution in [2.24, 2.45) is 17.8 Å². The van der Waals surface area contributed by atoms with Gasteiger partial charge in [-0.25, -0.2) is 4.79 Å². The van der Waals surface area contributed by atoms with Crippen LogP contribution in [0, 0.1) is 17.8 Å². The standard InChI is InChI=1S/C25H42N2O3/c1-6-7-11-16-30-23-17-21(14-15-22(23)29-5)26-25(28)27-24(18(2)3)19(4)20-12-9-8-10-13-20/h9,12,14-15,17-20,22-24H,6-8,10-11,13,16H2,1-5H3,(H2,26,27,28)/t19-,20?,22?,23?,24?/m0/s1. The Labute approximate surface area is 183 Å². The molecule has 0 saturated heterocycles. The van der Waals surface area contributed by atoms with Gasteiger partial charge in [-0.2, -0.15) is 0 Å². The second-order valence-corrected chi connectivity index (χ2v) is 8.97. The lowest BCUT2D eigenvalue weighted by Crippen LogP contribution is -2.49. The Morgan fingerprint density at radius 1 is 1.20 bits per heavy atom. The molecule has 4 unspecified atom stereocenters. The van der Waals surface area contributed by atoms with Crippen molar-refractivity contribution in [3.8, 4) is 0 Å². The molecule has 2 amide bonds. The number of ether oxygens (including phenoxy) is 2. The van der Waals surface area contributed by atoms with Gasteiger partial charge in [-0.1, -0.05) is 58.8 Å². The number of unbranched alkanes of at least 4 members (excludes halogenated alkanes) is 2. The van der Waals surface area contributed by atoms with E-state index in [-0.39, 0.29) is 24.3 Å². The molecule has 0 radical (unpaired) electrons. The summed E-state index contributed by atoms with van der Waals surface area (Å²) >= 11 is 0. The molecule has 0 heterocycles. The highest BCUT2D eigenvalue weighted by Crippen LogP contribution is 2.29. The number of carbonyl (C=O) groups excluding carboxylic acids is 1. The zero-order chi connectivity index (χ0) is 21.9. The van der Waals surface area contributed by atoms with E-state index < -0.39 is 0 Å². The molecule has 0 bridgehead atoms. The lowest BCUT2D eigenvalue weighted by atomic mass is 9.78. The summed E-state index contributed by atoms with van der Waals surface area (Å²) in [7, 11) is 1.69. The third-order valence-electron chi connectivity index (χ3n) is 6.27. The quantitative estimate of drug-likeness (QED) is 0.351. The van der Waals surface area contributed by atoms with Crippen LogP contribution in [0.2, 0.25) is 0 Å². The number of hydrogen-bond donors (Lipinski definition) is 2. The summed E-state index contributed by atoms with van der Waals surface area (Å²) < 4.78 is 11.5. The van der Waals surface area contributed by atoms with Crippen molar-refractivity contribution in [1.29, 1.82) is 0 Å². The fraction of sp³-hybridized carbons (Fsp3) is 0.720. The third kappa shape index (κ3) is 7.59. The third-order valence-corrected chi connectivity index (χ3v) is 6.27. The van der Waals surface area contributed by atoms with Gasteiger partial charge in [0, 0.05) is 25.5 Å². The average molecular weight is 419 g/mol. The van der Waals surface area contributed by atoms with Crippen molar-refractivity contribution < 1.29 is 14.3 Å². The number of rotatable bonds is 11. The van der Waals surface area contributed by atoms with Crippen molar-refractivity contribution in [2.45, 2.75) is 84.5 Å². The molecule has 5 nitrogen and oxygen atoms in total. The van der Waals surface area contributed by atoms with Gasteiger partial charge in [0.25, 0.3) is 0 Å². The molecular weight excluding hydrogens is 376 g/mol. The molecule has 170 valence electrons. The molecular formula is C25H42N2O3. The summed E-state index contributed by atoms with van der Waals surface area (Å²) in [6.07, 6.45) is 17.1. The maximum absolute atomic E-state index is 12.8. The first-order valence-corrected chi connectivity index (χ1v) is 11.7. The zero-order valence-electron chi connectivity index (χ0n) is 19.5. The number of allylic oxidation sites excluding steroid dienone is 3. The summed E-state index contributed by atoms with van der Waals surface area (Å²) in [6, 6.07) is -0.0319. The van der Waals surface area contributed by atoms with Crippen molar-refractivity contribution in [3.63, 3.8) is 0 Å². The highest BCUT2D eigenvalue weighted by atomic mass is 16.5. The summed E-state index contributed by atoms with van der Waals surface area (Å²) in [5.41, 5.74) is 0.758. The molecule has 2 N–H and O–H groups in total. The maximum atomic E-state index is 12.8. The molecule has 0 fully saturated rings. The van der Waals surface area contributed by atoms with E-state index in [1.54, 1.807) is 7.11 Å². The number of nitrogens with one attached hydrogen (secondary N) is 2. The maximum Gasteiger partial charge on any atom is 0.319 e. The molecule has 2 aliphatic carbocycles. The van der Waals surface area contributed by atoms with E-state index in [2.05, 4.69) is 50.5 Å². The molecule has 5 atom stereocenters. The van der Waals surface area contributed by atoms with E-state index >= 15 is 0 Å². The number of carbonyl (C=O) groups is 1. The van der Waals surface area contributed by atoms with Crippen LogP contribution in [0.25, 0.3) is 0 Å². The molecule has 0 aliphatic heterocycles. The van der Waals surface area contributed by atoms with Crippen LogP contribution in [-0.4, -0.2) is 38.0 Å². The smallest absolute Gasteiger partial charge is 0.319 e. The molecule has 0 aromatic heterocycles. The van der Waals surface area contributed by atoms with Crippen molar-refractivity contribution >= 4 is 6.03 Å². The topological polar surface area (TPSA) is 59.6 Å². The van der Waals surface area contributed by atoms with Gasteiger partial charge in [-0.15, -0.1) is 0 Å². The van der Waals surface area contributed by atoms with Crippen LogP contribution in [0.15, 0.2) is 36.1 Å². The Balaban J connectivity index is 1.94. The minimum absolute atomic E-state index is 0.123. The minimum atomic E-state index is -0.181. The fourth-order valence-corrected chi connectivity index (χ4v) is 4.41. The van der Waals surface area contributed by atoms with Crippen molar-refractivity contribution in [1.82, 2.24) is 10.6 Å². The first-order valence-electron chi connectivity index (χ1n) is 11.7. The molecule has 0 spiro atoms. The highest BCUT2D eigenvalue weighted by molar-refractivity contribution is 5.77. The molecule has 2 aliphatic rings. The van der Waals surface area contributed by atoms with Gasteiger partial charge in [-0.05, 0) is 55.6 Å². The number of amides is 2. The summed E-state index contributed by atoms with van der Waals surface area (Å²) in [6.45, 7) is 9.49. The van der Waals surface area contributed by atoms with Gasteiger partial charge in [-0.3, -0.25) is 0 Å². The zero-order valence-corrected chi connectivity index (χ0v) is 19.5.